The highest BCUT2D eigenvalue weighted by atomic mass is 19.4. The van der Waals surface area contributed by atoms with Gasteiger partial charge < -0.3 is 10.1 Å². The first-order valence-corrected chi connectivity index (χ1v) is 6.90. The molecule has 0 radical (unpaired) electrons. The summed E-state index contributed by atoms with van der Waals surface area (Å²) in [5, 5.41) is 3.24. The number of hydrogen-bond acceptors (Lipinski definition) is 2. The van der Waals surface area contributed by atoms with Crippen LogP contribution in [-0.2, 0) is 17.3 Å². The third-order valence-electron chi connectivity index (χ3n) is 3.81. The molecule has 20 heavy (non-hydrogen) atoms. The highest BCUT2D eigenvalue weighted by Crippen LogP contribution is 2.29. The van der Waals surface area contributed by atoms with E-state index in [1.807, 2.05) is 7.05 Å². The number of alkyl halides is 3. The molecule has 0 amide bonds. The van der Waals surface area contributed by atoms with Crippen LogP contribution in [0.15, 0.2) is 24.3 Å². The van der Waals surface area contributed by atoms with Gasteiger partial charge in [0.1, 0.15) is 0 Å². The molecule has 0 bridgehead atoms. The van der Waals surface area contributed by atoms with Crippen LogP contribution < -0.4 is 5.32 Å². The molecule has 1 aromatic carbocycles. The second kappa shape index (κ2) is 6.59. The van der Waals surface area contributed by atoms with E-state index in [2.05, 4.69) is 5.32 Å². The highest BCUT2D eigenvalue weighted by Gasteiger charge is 2.30. The van der Waals surface area contributed by atoms with Crippen molar-refractivity contribution in [2.24, 2.45) is 5.92 Å². The fourth-order valence-corrected chi connectivity index (χ4v) is 2.59. The summed E-state index contributed by atoms with van der Waals surface area (Å²) < 4.78 is 42.8. The standard InChI is InChI=1S/C15H20F3NO/c1-19-14(9-12-6-7-20-10-12)8-11-2-4-13(5-3-11)15(16,17)18/h2-5,12,14,19H,6-10H2,1H3. The van der Waals surface area contributed by atoms with Crippen molar-refractivity contribution in [3.8, 4) is 0 Å². The molecule has 0 aromatic heterocycles. The predicted molar refractivity (Wildman–Crippen MR) is 71.5 cm³/mol. The Labute approximate surface area is 117 Å². The Balaban J connectivity index is 1.93. The average molecular weight is 287 g/mol. The van der Waals surface area contributed by atoms with E-state index in [1.54, 1.807) is 12.1 Å². The van der Waals surface area contributed by atoms with Crippen molar-refractivity contribution < 1.29 is 17.9 Å². The van der Waals surface area contributed by atoms with Crippen molar-refractivity contribution in [1.29, 1.82) is 0 Å². The van der Waals surface area contributed by atoms with Crippen molar-refractivity contribution in [2.45, 2.75) is 31.5 Å². The van der Waals surface area contributed by atoms with Gasteiger partial charge in [-0.05, 0) is 49.9 Å². The number of likely N-dealkylation sites (N-methyl/N-ethyl adjacent to an activating group) is 1. The molecule has 2 unspecified atom stereocenters. The van der Waals surface area contributed by atoms with Crippen LogP contribution in [0.5, 0.6) is 0 Å². The van der Waals surface area contributed by atoms with E-state index < -0.39 is 11.7 Å². The molecule has 2 rings (SSSR count). The van der Waals surface area contributed by atoms with Gasteiger partial charge >= 0.3 is 6.18 Å². The fourth-order valence-electron chi connectivity index (χ4n) is 2.59. The molecule has 1 aliphatic heterocycles. The van der Waals surface area contributed by atoms with Crippen LogP contribution in [0.2, 0.25) is 0 Å². The first kappa shape index (κ1) is 15.3. The summed E-state index contributed by atoms with van der Waals surface area (Å²) in [6.07, 6.45) is -1.45. The molecular formula is C15H20F3NO. The van der Waals surface area contributed by atoms with E-state index in [9.17, 15) is 13.2 Å². The quantitative estimate of drug-likeness (QED) is 0.897. The normalized spacial score (nSPS) is 21.1. The van der Waals surface area contributed by atoms with Crippen molar-refractivity contribution in [3.63, 3.8) is 0 Å². The summed E-state index contributed by atoms with van der Waals surface area (Å²) >= 11 is 0. The van der Waals surface area contributed by atoms with Crippen LogP contribution in [0.25, 0.3) is 0 Å². The Morgan fingerprint density at radius 3 is 2.50 bits per heavy atom. The number of nitrogens with one attached hydrogen (secondary N) is 1. The maximum absolute atomic E-state index is 12.5. The molecule has 1 heterocycles. The van der Waals surface area contributed by atoms with Gasteiger partial charge in [0, 0.05) is 19.3 Å². The molecule has 0 aliphatic carbocycles. The lowest BCUT2D eigenvalue weighted by atomic mass is 9.94. The van der Waals surface area contributed by atoms with Gasteiger partial charge in [0.2, 0.25) is 0 Å². The first-order valence-electron chi connectivity index (χ1n) is 6.90. The van der Waals surface area contributed by atoms with Gasteiger partial charge in [0.15, 0.2) is 0 Å². The van der Waals surface area contributed by atoms with Crippen molar-refractivity contribution in [3.05, 3.63) is 35.4 Å². The third-order valence-corrected chi connectivity index (χ3v) is 3.81. The maximum atomic E-state index is 12.5. The SMILES string of the molecule is CNC(Cc1ccc(C(F)(F)F)cc1)CC1CCOC1. The molecule has 0 spiro atoms. The monoisotopic (exact) mass is 287 g/mol. The smallest absolute Gasteiger partial charge is 0.381 e. The van der Waals surface area contributed by atoms with Crippen LogP contribution in [0, 0.1) is 5.92 Å². The van der Waals surface area contributed by atoms with E-state index in [0.29, 0.717) is 5.92 Å². The summed E-state index contributed by atoms with van der Waals surface area (Å²) in [6, 6.07) is 5.72. The van der Waals surface area contributed by atoms with Crippen molar-refractivity contribution >= 4 is 0 Å². The Morgan fingerprint density at radius 2 is 2.00 bits per heavy atom. The largest absolute Gasteiger partial charge is 0.416 e. The Bertz CT molecular complexity index is 410. The predicted octanol–water partition coefficient (Wildman–Crippen LogP) is 3.26. The maximum Gasteiger partial charge on any atom is 0.416 e. The van der Waals surface area contributed by atoms with E-state index >= 15 is 0 Å². The first-order chi connectivity index (χ1) is 9.49. The molecule has 1 N–H and O–H groups in total. The van der Waals surface area contributed by atoms with Gasteiger partial charge in [-0.1, -0.05) is 12.1 Å². The lowest BCUT2D eigenvalue weighted by Crippen LogP contribution is -2.30. The number of benzene rings is 1. The van der Waals surface area contributed by atoms with Gasteiger partial charge in [-0.25, -0.2) is 0 Å². The zero-order valence-electron chi connectivity index (χ0n) is 11.5. The minimum Gasteiger partial charge on any atom is -0.381 e. The molecule has 5 heteroatoms. The van der Waals surface area contributed by atoms with Crippen molar-refractivity contribution in [1.82, 2.24) is 5.32 Å². The minimum absolute atomic E-state index is 0.276. The zero-order valence-corrected chi connectivity index (χ0v) is 11.5. The van der Waals surface area contributed by atoms with Gasteiger partial charge in [-0.2, -0.15) is 13.2 Å². The van der Waals surface area contributed by atoms with Gasteiger partial charge in [-0.3, -0.25) is 0 Å². The third kappa shape index (κ3) is 4.21. The van der Waals surface area contributed by atoms with Crippen molar-refractivity contribution in [2.75, 3.05) is 20.3 Å². The van der Waals surface area contributed by atoms with Gasteiger partial charge in [0.05, 0.1) is 5.56 Å². The van der Waals surface area contributed by atoms with E-state index in [0.717, 1.165) is 50.2 Å². The Kier molecular flexibility index (Phi) is 5.05. The zero-order chi connectivity index (χ0) is 14.6. The minimum atomic E-state index is -4.26. The number of hydrogen-bond donors (Lipinski definition) is 1. The average Bonchev–Trinajstić information content (AvgIpc) is 2.90. The van der Waals surface area contributed by atoms with Crippen LogP contribution in [0.4, 0.5) is 13.2 Å². The van der Waals surface area contributed by atoms with E-state index in [4.69, 9.17) is 4.74 Å². The molecule has 0 saturated carbocycles. The van der Waals surface area contributed by atoms with E-state index in [1.165, 1.54) is 0 Å². The van der Waals surface area contributed by atoms with Crippen LogP contribution in [-0.4, -0.2) is 26.3 Å². The molecule has 2 atom stereocenters. The second-order valence-electron chi connectivity index (χ2n) is 5.35. The molecule has 1 fully saturated rings. The number of rotatable bonds is 5. The number of ether oxygens (including phenoxy) is 1. The van der Waals surface area contributed by atoms with E-state index in [-0.39, 0.29) is 6.04 Å². The lowest BCUT2D eigenvalue weighted by Gasteiger charge is -2.19. The molecule has 2 nitrogen and oxygen atoms in total. The lowest BCUT2D eigenvalue weighted by molar-refractivity contribution is -0.137. The van der Waals surface area contributed by atoms with Crippen LogP contribution in [0.1, 0.15) is 24.0 Å². The Hall–Kier alpha value is -1.07. The number of halogens is 3. The molecule has 1 aromatic rings. The Morgan fingerprint density at radius 1 is 1.30 bits per heavy atom. The highest BCUT2D eigenvalue weighted by molar-refractivity contribution is 5.25. The molecule has 112 valence electrons. The molecule has 1 aliphatic rings. The molecule has 1 saturated heterocycles. The van der Waals surface area contributed by atoms with Crippen LogP contribution >= 0.6 is 0 Å². The summed E-state index contributed by atoms with van der Waals surface area (Å²) in [6.45, 7) is 1.62. The summed E-state index contributed by atoms with van der Waals surface area (Å²) in [5.74, 6) is 0.557. The summed E-state index contributed by atoms with van der Waals surface area (Å²) in [7, 11) is 1.89. The van der Waals surface area contributed by atoms with Gasteiger partial charge in [-0.15, -0.1) is 0 Å². The summed E-state index contributed by atoms with van der Waals surface area (Å²) in [5.41, 5.74) is 0.336. The summed E-state index contributed by atoms with van der Waals surface area (Å²) in [4.78, 5) is 0. The second-order valence-corrected chi connectivity index (χ2v) is 5.35. The molecular weight excluding hydrogens is 267 g/mol. The fraction of sp³-hybridized carbons (Fsp3) is 0.600. The topological polar surface area (TPSA) is 21.3 Å². The van der Waals surface area contributed by atoms with Crippen LogP contribution in [0.3, 0.4) is 0 Å². The van der Waals surface area contributed by atoms with Gasteiger partial charge in [0.25, 0.3) is 0 Å².